The SMILES string of the molecule is C[C@H](c1ncccn1)N(Cc1ccc(Br)nn1)C(=O)OC(C)(C)C. The second-order valence-electron chi connectivity index (χ2n) is 6.24. The Morgan fingerprint density at radius 2 is 1.92 bits per heavy atom. The van der Waals surface area contributed by atoms with Crippen LogP contribution < -0.4 is 0 Å². The number of amides is 1. The molecule has 0 aliphatic carbocycles. The number of hydrogen-bond acceptors (Lipinski definition) is 6. The Morgan fingerprint density at radius 1 is 1.25 bits per heavy atom. The molecule has 2 aromatic heterocycles. The Hall–Kier alpha value is -2.09. The van der Waals surface area contributed by atoms with Gasteiger partial charge in [0, 0.05) is 12.4 Å². The first-order valence-corrected chi connectivity index (χ1v) is 8.30. The Balaban J connectivity index is 2.26. The second-order valence-corrected chi connectivity index (χ2v) is 7.05. The fourth-order valence-electron chi connectivity index (χ4n) is 1.95. The first-order chi connectivity index (χ1) is 11.3. The molecule has 1 atom stereocenters. The third kappa shape index (κ3) is 5.23. The molecule has 0 unspecified atom stereocenters. The number of nitrogens with zero attached hydrogens (tertiary/aromatic N) is 5. The quantitative estimate of drug-likeness (QED) is 0.789. The Morgan fingerprint density at radius 3 is 2.46 bits per heavy atom. The minimum Gasteiger partial charge on any atom is -0.444 e. The van der Waals surface area contributed by atoms with Crippen molar-refractivity contribution >= 4 is 22.0 Å². The summed E-state index contributed by atoms with van der Waals surface area (Å²) in [5.74, 6) is 0.536. The van der Waals surface area contributed by atoms with Gasteiger partial charge < -0.3 is 4.74 Å². The van der Waals surface area contributed by atoms with Crippen molar-refractivity contribution in [1.82, 2.24) is 25.1 Å². The van der Waals surface area contributed by atoms with Gasteiger partial charge in [-0.1, -0.05) is 0 Å². The zero-order valence-corrected chi connectivity index (χ0v) is 15.7. The van der Waals surface area contributed by atoms with Gasteiger partial charge in [-0.25, -0.2) is 14.8 Å². The van der Waals surface area contributed by atoms with Crippen LogP contribution in [0.2, 0.25) is 0 Å². The molecule has 0 saturated heterocycles. The van der Waals surface area contributed by atoms with Crippen molar-refractivity contribution in [2.45, 2.75) is 45.9 Å². The second kappa shape index (κ2) is 7.65. The molecule has 0 radical (unpaired) electrons. The van der Waals surface area contributed by atoms with E-state index < -0.39 is 11.7 Å². The predicted octanol–water partition coefficient (Wildman–Crippen LogP) is 3.53. The lowest BCUT2D eigenvalue weighted by atomic mass is 10.2. The summed E-state index contributed by atoms with van der Waals surface area (Å²) in [4.78, 5) is 22.6. The maximum absolute atomic E-state index is 12.6. The fraction of sp³-hybridized carbons (Fsp3) is 0.438. The average Bonchev–Trinajstić information content (AvgIpc) is 2.53. The molecule has 0 aliphatic rings. The molecule has 2 rings (SSSR count). The summed E-state index contributed by atoms with van der Waals surface area (Å²) in [5, 5.41) is 8.04. The van der Waals surface area contributed by atoms with Crippen LogP contribution in [0.1, 0.15) is 45.3 Å². The third-order valence-corrected chi connectivity index (χ3v) is 3.50. The minimum absolute atomic E-state index is 0.245. The van der Waals surface area contributed by atoms with Gasteiger partial charge in [0.05, 0.1) is 18.3 Å². The molecule has 0 aromatic carbocycles. The lowest BCUT2D eigenvalue weighted by molar-refractivity contribution is 0.0141. The molecule has 0 bridgehead atoms. The number of aromatic nitrogens is 4. The van der Waals surface area contributed by atoms with Crippen molar-refractivity contribution in [3.63, 3.8) is 0 Å². The summed E-state index contributed by atoms with van der Waals surface area (Å²) in [6.07, 6.45) is 2.84. The lowest BCUT2D eigenvalue weighted by Crippen LogP contribution is -2.38. The van der Waals surface area contributed by atoms with Crippen molar-refractivity contribution in [3.8, 4) is 0 Å². The molecule has 0 N–H and O–H groups in total. The summed E-state index contributed by atoms with van der Waals surface area (Å²) in [7, 11) is 0. The van der Waals surface area contributed by atoms with E-state index in [4.69, 9.17) is 4.74 Å². The van der Waals surface area contributed by atoms with Crippen molar-refractivity contribution in [1.29, 1.82) is 0 Å². The van der Waals surface area contributed by atoms with E-state index in [0.29, 0.717) is 16.1 Å². The molecule has 7 nitrogen and oxygen atoms in total. The van der Waals surface area contributed by atoms with E-state index in [1.54, 1.807) is 35.5 Å². The molecule has 0 saturated carbocycles. The van der Waals surface area contributed by atoms with Gasteiger partial charge in [0.15, 0.2) is 5.82 Å². The summed E-state index contributed by atoms with van der Waals surface area (Å²) in [6, 6.07) is 4.94. The van der Waals surface area contributed by atoms with Crippen LogP contribution in [0.25, 0.3) is 0 Å². The zero-order chi connectivity index (χ0) is 17.7. The minimum atomic E-state index is -0.599. The van der Waals surface area contributed by atoms with Gasteiger partial charge in [-0.2, -0.15) is 5.10 Å². The highest BCUT2D eigenvalue weighted by atomic mass is 79.9. The van der Waals surface area contributed by atoms with E-state index in [1.807, 2.05) is 27.7 Å². The number of ether oxygens (including phenoxy) is 1. The Bertz CT molecular complexity index is 673. The zero-order valence-electron chi connectivity index (χ0n) is 14.1. The van der Waals surface area contributed by atoms with Gasteiger partial charge in [0.1, 0.15) is 10.2 Å². The van der Waals surface area contributed by atoms with Crippen LogP contribution in [0.3, 0.4) is 0 Å². The van der Waals surface area contributed by atoms with Gasteiger partial charge in [-0.3, -0.25) is 4.90 Å². The van der Waals surface area contributed by atoms with Crippen LogP contribution in [0, 0.1) is 0 Å². The van der Waals surface area contributed by atoms with Crippen molar-refractivity contribution in [2.24, 2.45) is 0 Å². The van der Waals surface area contributed by atoms with E-state index >= 15 is 0 Å². The number of hydrogen-bond donors (Lipinski definition) is 0. The number of carbonyl (C=O) groups excluding carboxylic acids is 1. The largest absolute Gasteiger partial charge is 0.444 e. The normalized spacial score (nSPS) is 12.5. The maximum Gasteiger partial charge on any atom is 0.411 e. The molecule has 8 heteroatoms. The molecule has 0 fully saturated rings. The van der Waals surface area contributed by atoms with Crippen molar-refractivity contribution in [3.05, 3.63) is 46.7 Å². The van der Waals surface area contributed by atoms with Gasteiger partial charge in [0.25, 0.3) is 0 Å². The Kier molecular flexibility index (Phi) is 5.82. The summed E-state index contributed by atoms with van der Waals surface area (Å²) >= 11 is 3.25. The van der Waals surface area contributed by atoms with Crippen LogP contribution in [-0.4, -0.2) is 36.8 Å². The number of carbonyl (C=O) groups is 1. The first-order valence-electron chi connectivity index (χ1n) is 7.51. The van der Waals surface area contributed by atoms with Crippen LogP contribution >= 0.6 is 15.9 Å². The highest BCUT2D eigenvalue weighted by Gasteiger charge is 2.28. The third-order valence-electron chi connectivity index (χ3n) is 3.07. The number of halogens is 1. The van der Waals surface area contributed by atoms with E-state index in [1.165, 1.54) is 0 Å². The van der Waals surface area contributed by atoms with Gasteiger partial charge >= 0.3 is 6.09 Å². The molecular formula is C16H20BrN5O2. The molecule has 2 heterocycles. The van der Waals surface area contributed by atoms with Crippen LogP contribution in [0.15, 0.2) is 35.2 Å². The molecule has 24 heavy (non-hydrogen) atoms. The molecule has 128 valence electrons. The molecular weight excluding hydrogens is 374 g/mol. The van der Waals surface area contributed by atoms with Crippen LogP contribution in [0.5, 0.6) is 0 Å². The molecule has 0 aliphatic heterocycles. The molecule has 0 spiro atoms. The van der Waals surface area contributed by atoms with Gasteiger partial charge in [0.2, 0.25) is 0 Å². The number of rotatable bonds is 4. The van der Waals surface area contributed by atoms with Gasteiger partial charge in [-0.15, -0.1) is 5.10 Å². The highest BCUT2D eigenvalue weighted by molar-refractivity contribution is 9.10. The Labute approximate surface area is 149 Å². The smallest absolute Gasteiger partial charge is 0.411 e. The molecule has 1 amide bonds. The van der Waals surface area contributed by atoms with Gasteiger partial charge in [-0.05, 0) is 61.8 Å². The molecule has 2 aromatic rings. The van der Waals surface area contributed by atoms with E-state index in [9.17, 15) is 4.79 Å². The topological polar surface area (TPSA) is 81.1 Å². The maximum atomic E-state index is 12.6. The summed E-state index contributed by atoms with van der Waals surface area (Å²) in [5.41, 5.74) is 0.0460. The van der Waals surface area contributed by atoms with Crippen LogP contribution in [-0.2, 0) is 11.3 Å². The predicted molar refractivity (Wildman–Crippen MR) is 92.0 cm³/mol. The first kappa shape index (κ1) is 18.3. The average molecular weight is 394 g/mol. The standard InChI is InChI=1S/C16H20BrN5O2/c1-11(14-18-8-5-9-19-14)22(15(23)24-16(2,3)4)10-12-6-7-13(17)21-20-12/h5-9,11H,10H2,1-4H3/t11-/m1/s1. The van der Waals surface area contributed by atoms with E-state index in [0.717, 1.165) is 0 Å². The summed E-state index contributed by atoms with van der Waals surface area (Å²) < 4.78 is 6.15. The highest BCUT2D eigenvalue weighted by Crippen LogP contribution is 2.22. The lowest BCUT2D eigenvalue weighted by Gasteiger charge is -2.30. The van der Waals surface area contributed by atoms with Crippen molar-refractivity contribution in [2.75, 3.05) is 0 Å². The summed E-state index contributed by atoms with van der Waals surface area (Å²) in [6.45, 7) is 7.57. The van der Waals surface area contributed by atoms with Crippen molar-refractivity contribution < 1.29 is 9.53 Å². The fourth-order valence-corrected chi connectivity index (χ4v) is 2.16. The monoisotopic (exact) mass is 393 g/mol. The van der Waals surface area contributed by atoms with Crippen LogP contribution in [0.4, 0.5) is 4.79 Å². The van der Waals surface area contributed by atoms with E-state index in [-0.39, 0.29) is 12.6 Å². The van der Waals surface area contributed by atoms with E-state index in [2.05, 4.69) is 36.1 Å².